The zero-order valence-electron chi connectivity index (χ0n) is 15.8. The summed E-state index contributed by atoms with van der Waals surface area (Å²) in [4.78, 5) is 24.6. The van der Waals surface area contributed by atoms with Crippen LogP contribution in [0.1, 0.15) is 30.4 Å². The fourth-order valence-electron chi connectivity index (χ4n) is 3.36. The van der Waals surface area contributed by atoms with Gasteiger partial charge in [-0.3, -0.25) is 9.59 Å². The zero-order valence-corrected chi connectivity index (χ0v) is 18.2. The predicted molar refractivity (Wildman–Crippen MR) is 123 cm³/mol. The molecule has 2 N–H and O–H groups in total. The summed E-state index contributed by atoms with van der Waals surface area (Å²) in [6.45, 7) is 0. The minimum atomic E-state index is -0.575. The van der Waals surface area contributed by atoms with E-state index in [-0.39, 0.29) is 18.2 Å². The van der Waals surface area contributed by atoms with E-state index in [1.807, 2.05) is 18.2 Å². The first-order valence-electron chi connectivity index (χ1n) is 9.45. The average molecular weight is 461 g/mol. The second-order valence-corrected chi connectivity index (χ2v) is 8.97. The Balaban J connectivity index is 1.40. The van der Waals surface area contributed by atoms with Crippen LogP contribution < -0.4 is 10.6 Å². The molecule has 1 fully saturated rings. The molecule has 0 spiro atoms. The van der Waals surface area contributed by atoms with Crippen molar-refractivity contribution in [3.8, 4) is 0 Å². The van der Waals surface area contributed by atoms with Gasteiger partial charge in [0.2, 0.25) is 11.8 Å². The molecule has 30 heavy (non-hydrogen) atoms. The predicted octanol–water partition coefficient (Wildman–Crippen LogP) is 4.65. The van der Waals surface area contributed by atoms with Gasteiger partial charge in [0, 0.05) is 17.0 Å². The highest BCUT2D eigenvalue weighted by atomic mass is 35.5. The Bertz CT molecular complexity index is 1070. The normalized spacial score (nSPS) is 20.9. The molecule has 0 saturated carbocycles. The van der Waals surface area contributed by atoms with E-state index in [2.05, 4.69) is 26.9 Å². The van der Waals surface area contributed by atoms with Gasteiger partial charge in [0.25, 0.3) is 0 Å². The molecule has 2 aromatic carbocycles. The first-order chi connectivity index (χ1) is 14.5. The molecule has 0 bridgehead atoms. The molecular formula is C21H18Cl2N4O2S. The van der Waals surface area contributed by atoms with Gasteiger partial charge in [0.15, 0.2) is 5.17 Å². The fraction of sp³-hybridized carbons (Fsp3) is 0.238. The van der Waals surface area contributed by atoms with Gasteiger partial charge in [-0.15, -0.1) is 5.10 Å². The van der Waals surface area contributed by atoms with Crippen LogP contribution in [-0.2, 0) is 16.0 Å². The van der Waals surface area contributed by atoms with E-state index in [0.717, 1.165) is 30.5 Å². The summed E-state index contributed by atoms with van der Waals surface area (Å²) < 4.78 is 0. The number of carbonyl (C=O) groups excluding carboxylic acids is 2. The number of amides is 2. The van der Waals surface area contributed by atoms with Crippen molar-refractivity contribution in [3.63, 3.8) is 0 Å². The molecule has 1 aliphatic heterocycles. The lowest BCUT2D eigenvalue weighted by Crippen LogP contribution is -2.28. The molecule has 6 nitrogen and oxygen atoms in total. The molecular weight excluding hydrogens is 443 g/mol. The molecule has 1 heterocycles. The van der Waals surface area contributed by atoms with Crippen molar-refractivity contribution < 1.29 is 9.59 Å². The van der Waals surface area contributed by atoms with Crippen molar-refractivity contribution in [2.24, 2.45) is 10.2 Å². The van der Waals surface area contributed by atoms with Crippen LogP contribution >= 0.6 is 35.0 Å². The maximum absolute atomic E-state index is 12.3. The van der Waals surface area contributed by atoms with Crippen molar-refractivity contribution >= 4 is 63.3 Å². The Hall–Kier alpha value is -2.35. The molecule has 154 valence electrons. The molecule has 4 rings (SSSR count). The number of halogens is 2. The van der Waals surface area contributed by atoms with Crippen LogP contribution in [0.15, 0.2) is 52.7 Å². The van der Waals surface area contributed by atoms with E-state index in [1.54, 1.807) is 18.2 Å². The van der Waals surface area contributed by atoms with Gasteiger partial charge in [-0.2, -0.15) is 5.10 Å². The molecule has 9 heteroatoms. The Morgan fingerprint density at radius 2 is 2.00 bits per heavy atom. The highest BCUT2D eigenvalue weighted by Crippen LogP contribution is 2.28. The largest absolute Gasteiger partial charge is 0.325 e. The monoisotopic (exact) mass is 460 g/mol. The second kappa shape index (κ2) is 9.20. The van der Waals surface area contributed by atoms with E-state index in [4.69, 9.17) is 23.2 Å². The average Bonchev–Trinajstić information content (AvgIpc) is 3.07. The number of hydrogen-bond acceptors (Lipinski definition) is 5. The van der Waals surface area contributed by atoms with Crippen LogP contribution in [0.5, 0.6) is 0 Å². The fourth-order valence-corrected chi connectivity index (χ4v) is 4.73. The quantitative estimate of drug-likeness (QED) is 0.651. The van der Waals surface area contributed by atoms with Crippen molar-refractivity contribution in [2.45, 2.75) is 30.9 Å². The number of anilines is 1. The number of carbonyl (C=O) groups is 2. The summed E-state index contributed by atoms with van der Waals surface area (Å²) in [7, 11) is 0. The Morgan fingerprint density at radius 3 is 2.83 bits per heavy atom. The number of nitrogens with one attached hydrogen (secondary N) is 2. The summed E-state index contributed by atoms with van der Waals surface area (Å²) in [5.41, 5.74) is 3.74. The number of benzene rings is 2. The van der Waals surface area contributed by atoms with Crippen LogP contribution in [0.2, 0.25) is 10.0 Å². The molecule has 2 aliphatic rings. The minimum absolute atomic E-state index is 0.00607. The topological polar surface area (TPSA) is 82.9 Å². The number of fused-ring (bicyclic) bond motifs is 1. The summed E-state index contributed by atoms with van der Waals surface area (Å²) in [5, 5.41) is 14.7. The Labute approximate surface area is 188 Å². The third-order valence-electron chi connectivity index (χ3n) is 4.80. The van der Waals surface area contributed by atoms with Crippen molar-refractivity contribution in [2.75, 3.05) is 5.32 Å². The number of thioether (sulfide) groups is 1. The number of amidine groups is 1. The van der Waals surface area contributed by atoms with Crippen molar-refractivity contribution in [1.29, 1.82) is 0 Å². The van der Waals surface area contributed by atoms with E-state index in [1.165, 1.54) is 17.3 Å². The highest BCUT2D eigenvalue weighted by Gasteiger charge is 2.32. The smallest absolute Gasteiger partial charge is 0.240 e. The maximum atomic E-state index is 12.3. The summed E-state index contributed by atoms with van der Waals surface area (Å²) >= 11 is 13.1. The molecule has 0 radical (unpaired) electrons. The lowest BCUT2D eigenvalue weighted by Gasteiger charge is -2.16. The lowest BCUT2D eigenvalue weighted by molar-refractivity contribution is -0.122. The summed E-state index contributed by atoms with van der Waals surface area (Å²) in [5.74, 6) is -0.582. The maximum Gasteiger partial charge on any atom is 0.240 e. The Morgan fingerprint density at radius 1 is 1.17 bits per heavy atom. The van der Waals surface area contributed by atoms with E-state index >= 15 is 0 Å². The van der Waals surface area contributed by atoms with Gasteiger partial charge >= 0.3 is 0 Å². The molecule has 1 aliphatic carbocycles. The number of nitrogens with zero attached hydrogens (tertiary/aromatic N) is 2. The van der Waals surface area contributed by atoms with Crippen molar-refractivity contribution in [3.05, 3.63) is 63.6 Å². The molecule has 0 unspecified atom stereocenters. The van der Waals surface area contributed by atoms with Gasteiger partial charge in [0.05, 0.1) is 16.4 Å². The lowest BCUT2D eigenvalue weighted by atomic mass is 9.90. The van der Waals surface area contributed by atoms with E-state index in [9.17, 15) is 9.59 Å². The van der Waals surface area contributed by atoms with Crippen LogP contribution in [0.3, 0.4) is 0 Å². The highest BCUT2D eigenvalue weighted by molar-refractivity contribution is 8.15. The first kappa shape index (κ1) is 20.9. The van der Waals surface area contributed by atoms with Crippen molar-refractivity contribution in [1.82, 2.24) is 5.32 Å². The third kappa shape index (κ3) is 4.86. The number of aryl methyl sites for hydroxylation is 1. The zero-order chi connectivity index (χ0) is 21.1. The van der Waals surface area contributed by atoms with Crippen LogP contribution in [-0.4, -0.2) is 27.9 Å². The summed E-state index contributed by atoms with van der Waals surface area (Å²) in [6, 6.07) is 13.0. The standard InChI is InChI=1S/C21H18Cl2N4O2S/c22-13-8-9-17(15(23)10-13)24-19(28)11-18-20(29)25-21(30-18)27-26-16-7-3-5-12-4-1-2-6-14(12)16/h1-2,4,6,8-10,18H,3,5,7,11H2,(H,24,28)(H,25,27,29)/b26-16-/t18-/m0/s1. The van der Waals surface area contributed by atoms with Crippen LogP contribution in [0, 0.1) is 0 Å². The molecule has 0 aromatic heterocycles. The molecule has 2 amide bonds. The first-order valence-corrected chi connectivity index (χ1v) is 11.1. The van der Waals surface area contributed by atoms with Gasteiger partial charge in [-0.25, -0.2) is 0 Å². The second-order valence-electron chi connectivity index (χ2n) is 6.93. The molecule has 2 aromatic rings. The molecule has 1 atom stereocenters. The van der Waals surface area contributed by atoms with Crippen LogP contribution in [0.25, 0.3) is 0 Å². The summed E-state index contributed by atoms with van der Waals surface area (Å²) in [6.07, 6.45) is 2.90. The third-order valence-corrected chi connectivity index (χ3v) is 6.42. The van der Waals surface area contributed by atoms with Crippen LogP contribution in [0.4, 0.5) is 5.69 Å². The number of rotatable bonds is 4. The van der Waals surface area contributed by atoms with E-state index in [0.29, 0.717) is 20.9 Å². The van der Waals surface area contributed by atoms with Gasteiger partial charge in [0.1, 0.15) is 5.25 Å². The van der Waals surface area contributed by atoms with Gasteiger partial charge in [-0.05, 0) is 43.0 Å². The Kier molecular flexibility index (Phi) is 6.41. The van der Waals surface area contributed by atoms with Gasteiger partial charge < -0.3 is 10.6 Å². The van der Waals surface area contributed by atoms with Gasteiger partial charge in [-0.1, -0.05) is 59.2 Å². The minimum Gasteiger partial charge on any atom is -0.325 e. The van der Waals surface area contributed by atoms with E-state index < -0.39 is 5.25 Å². The SMILES string of the molecule is O=C(C[C@@H]1S/C(=N/N=C2/CCCc3ccccc32)NC1=O)Nc1ccc(Cl)cc1Cl. The molecule has 1 saturated heterocycles. The number of hydrogen-bond donors (Lipinski definition) is 2.